The highest BCUT2D eigenvalue weighted by molar-refractivity contribution is 6.53. The van der Waals surface area contributed by atoms with Gasteiger partial charge in [-0.3, -0.25) is 0 Å². The SMILES string of the molecule is CC(C)(O)C(C)(C)OBc1cccc2oc3c4c(ccc3c12)-c1cccc2cccc-4c12. The lowest BCUT2D eigenvalue weighted by molar-refractivity contribution is -0.0893. The topological polar surface area (TPSA) is 42.6 Å². The summed E-state index contributed by atoms with van der Waals surface area (Å²) < 4.78 is 12.7. The zero-order chi connectivity index (χ0) is 22.3. The van der Waals surface area contributed by atoms with Gasteiger partial charge in [0.05, 0.1) is 11.2 Å². The van der Waals surface area contributed by atoms with Crippen LogP contribution in [0.1, 0.15) is 27.7 Å². The zero-order valence-corrected chi connectivity index (χ0v) is 18.8. The van der Waals surface area contributed by atoms with Crippen molar-refractivity contribution in [2.75, 3.05) is 0 Å². The zero-order valence-electron chi connectivity index (χ0n) is 18.8. The summed E-state index contributed by atoms with van der Waals surface area (Å²) in [6.07, 6.45) is 0. The fourth-order valence-corrected chi connectivity index (χ4v) is 4.78. The molecule has 0 spiro atoms. The lowest BCUT2D eigenvalue weighted by atomic mass is 9.80. The van der Waals surface area contributed by atoms with Crippen molar-refractivity contribution in [1.82, 2.24) is 0 Å². The molecule has 3 nitrogen and oxygen atoms in total. The van der Waals surface area contributed by atoms with Crippen molar-refractivity contribution in [2.45, 2.75) is 38.9 Å². The fourth-order valence-electron chi connectivity index (χ4n) is 4.78. The first kappa shape index (κ1) is 19.6. The quantitative estimate of drug-likeness (QED) is 0.360. The predicted molar refractivity (Wildman–Crippen MR) is 134 cm³/mol. The highest BCUT2D eigenvalue weighted by Crippen LogP contribution is 2.51. The van der Waals surface area contributed by atoms with Gasteiger partial charge >= 0.3 is 7.48 Å². The molecule has 0 aliphatic heterocycles. The number of furan rings is 1. The van der Waals surface area contributed by atoms with Crippen LogP contribution in [0, 0.1) is 0 Å². The molecule has 32 heavy (non-hydrogen) atoms. The molecule has 0 unspecified atom stereocenters. The third-order valence-corrected chi connectivity index (χ3v) is 7.28. The minimum Gasteiger partial charge on any atom is -0.455 e. The van der Waals surface area contributed by atoms with Gasteiger partial charge in [-0.05, 0) is 72.8 Å². The van der Waals surface area contributed by atoms with Crippen molar-refractivity contribution < 1.29 is 14.2 Å². The molecule has 0 saturated heterocycles. The first-order valence-corrected chi connectivity index (χ1v) is 11.1. The molecule has 0 fully saturated rings. The Labute approximate surface area is 187 Å². The van der Waals surface area contributed by atoms with Gasteiger partial charge in [-0.25, -0.2) is 0 Å². The second kappa shape index (κ2) is 6.47. The number of fused-ring (bicyclic) bond motifs is 7. The minimum absolute atomic E-state index is 0.399. The van der Waals surface area contributed by atoms with Gasteiger partial charge in [-0.2, -0.15) is 0 Å². The Hall–Kier alpha value is -3.08. The number of benzene rings is 4. The molecule has 0 bridgehead atoms. The van der Waals surface area contributed by atoms with Crippen LogP contribution < -0.4 is 5.46 Å². The first-order chi connectivity index (χ1) is 15.3. The Bertz CT molecular complexity index is 1530. The Balaban J connectivity index is 1.56. The van der Waals surface area contributed by atoms with Crippen molar-refractivity contribution >= 4 is 45.7 Å². The number of hydrogen-bond acceptors (Lipinski definition) is 3. The van der Waals surface area contributed by atoms with Crippen molar-refractivity contribution in [3.63, 3.8) is 0 Å². The summed E-state index contributed by atoms with van der Waals surface area (Å²) in [6, 6.07) is 23.5. The lowest BCUT2D eigenvalue weighted by Gasteiger charge is -2.37. The summed E-state index contributed by atoms with van der Waals surface area (Å²) in [5.74, 6) is 0. The Morgan fingerprint density at radius 3 is 2.25 bits per heavy atom. The van der Waals surface area contributed by atoms with Crippen molar-refractivity contribution in [1.29, 1.82) is 0 Å². The largest absolute Gasteiger partial charge is 0.455 e. The van der Waals surface area contributed by atoms with E-state index in [0.29, 0.717) is 7.48 Å². The van der Waals surface area contributed by atoms with Crippen LogP contribution in [0.3, 0.4) is 0 Å². The van der Waals surface area contributed by atoms with E-state index in [9.17, 15) is 5.11 Å². The van der Waals surface area contributed by atoms with Crippen LogP contribution in [0.15, 0.2) is 71.1 Å². The van der Waals surface area contributed by atoms with Gasteiger partial charge in [0.2, 0.25) is 0 Å². The van der Waals surface area contributed by atoms with Gasteiger partial charge in [0.1, 0.15) is 11.2 Å². The summed E-state index contributed by atoms with van der Waals surface area (Å²) in [6.45, 7) is 7.40. The molecule has 4 heteroatoms. The van der Waals surface area contributed by atoms with Crippen molar-refractivity contribution in [2.24, 2.45) is 0 Å². The monoisotopic (exact) mass is 420 g/mol. The second-order valence-corrected chi connectivity index (χ2v) is 9.82. The van der Waals surface area contributed by atoms with E-state index in [4.69, 9.17) is 9.07 Å². The maximum absolute atomic E-state index is 10.5. The van der Waals surface area contributed by atoms with Crippen LogP contribution in [0.4, 0.5) is 0 Å². The molecule has 0 saturated carbocycles. The van der Waals surface area contributed by atoms with E-state index in [0.717, 1.165) is 27.4 Å². The van der Waals surface area contributed by atoms with E-state index in [1.165, 1.54) is 33.0 Å². The van der Waals surface area contributed by atoms with Gasteiger partial charge in [0.25, 0.3) is 0 Å². The van der Waals surface area contributed by atoms with Crippen LogP contribution >= 0.6 is 0 Å². The third-order valence-electron chi connectivity index (χ3n) is 7.28. The summed E-state index contributed by atoms with van der Waals surface area (Å²) in [5.41, 5.74) is 6.11. The minimum atomic E-state index is -0.954. The lowest BCUT2D eigenvalue weighted by Crippen LogP contribution is -2.49. The van der Waals surface area contributed by atoms with Crippen LogP contribution in [0.5, 0.6) is 0 Å². The van der Waals surface area contributed by atoms with Crippen LogP contribution in [0.25, 0.3) is 55.0 Å². The molecule has 6 rings (SSSR count). The summed E-state index contributed by atoms with van der Waals surface area (Å²) in [5, 5.41) is 15.2. The smallest absolute Gasteiger partial charge is 0.310 e. The predicted octanol–water partition coefficient (Wildman–Crippen LogP) is 5.93. The van der Waals surface area contributed by atoms with Gasteiger partial charge in [-0.15, -0.1) is 0 Å². The Kier molecular flexibility index (Phi) is 3.96. The molecule has 1 heterocycles. The van der Waals surface area contributed by atoms with Gasteiger partial charge in [-0.1, -0.05) is 54.6 Å². The number of aliphatic hydroxyl groups is 1. The van der Waals surface area contributed by atoms with E-state index < -0.39 is 11.2 Å². The van der Waals surface area contributed by atoms with Crippen molar-refractivity contribution in [3.05, 3.63) is 66.7 Å². The van der Waals surface area contributed by atoms with Crippen LogP contribution in [-0.2, 0) is 4.65 Å². The van der Waals surface area contributed by atoms with Gasteiger partial charge in [0, 0.05) is 16.3 Å². The molecule has 1 N–H and O–H groups in total. The van der Waals surface area contributed by atoms with E-state index in [1.807, 2.05) is 26.0 Å². The number of hydrogen-bond donors (Lipinski definition) is 1. The maximum Gasteiger partial charge on any atom is 0.310 e. The fraction of sp³-hybridized carbons (Fsp3) is 0.214. The molecular weight excluding hydrogens is 395 g/mol. The molecule has 0 atom stereocenters. The highest BCUT2D eigenvalue weighted by atomic mass is 16.5. The second-order valence-electron chi connectivity index (χ2n) is 9.82. The molecule has 4 aromatic carbocycles. The van der Waals surface area contributed by atoms with E-state index >= 15 is 0 Å². The van der Waals surface area contributed by atoms with Crippen LogP contribution in [0.2, 0.25) is 0 Å². The molecule has 1 aliphatic rings. The normalized spacial score (nSPS) is 13.3. The van der Waals surface area contributed by atoms with Crippen molar-refractivity contribution in [3.8, 4) is 22.3 Å². The van der Waals surface area contributed by atoms with Gasteiger partial charge in [0.15, 0.2) is 0 Å². The summed E-state index contributed by atoms with van der Waals surface area (Å²) in [7, 11) is 0.399. The summed E-state index contributed by atoms with van der Waals surface area (Å²) in [4.78, 5) is 0. The Morgan fingerprint density at radius 2 is 1.50 bits per heavy atom. The molecule has 158 valence electrons. The van der Waals surface area contributed by atoms with Gasteiger partial charge < -0.3 is 14.2 Å². The van der Waals surface area contributed by atoms with E-state index in [-0.39, 0.29) is 0 Å². The highest BCUT2D eigenvalue weighted by Gasteiger charge is 2.36. The third kappa shape index (κ3) is 2.63. The molecule has 0 amide bonds. The molecule has 5 aromatic rings. The number of rotatable bonds is 4. The van der Waals surface area contributed by atoms with E-state index in [2.05, 4.69) is 54.6 Å². The average Bonchev–Trinajstić information content (AvgIpc) is 3.29. The molecule has 1 aromatic heterocycles. The molecule has 1 aliphatic carbocycles. The average molecular weight is 420 g/mol. The Morgan fingerprint density at radius 1 is 0.781 bits per heavy atom. The van der Waals surface area contributed by atoms with E-state index in [1.54, 1.807) is 13.8 Å². The molecular formula is C28H25BO3. The standard InChI is InChI=1S/C28H25BO3/c1-27(2,30)28(3,4)32-29-21-12-7-13-22-25(21)20-15-14-18-17-10-5-8-16-9-6-11-19(23(16)17)24(18)26(20)31-22/h5-15,29-30H,1-4H3. The molecule has 0 radical (unpaired) electrons. The summed E-state index contributed by atoms with van der Waals surface area (Å²) >= 11 is 0. The first-order valence-electron chi connectivity index (χ1n) is 11.1. The maximum atomic E-state index is 10.5. The van der Waals surface area contributed by atoms with Crippen LogP contribution in [-0.4, -0.2) is 23.8 Å².